The predicted molar refractivity (Wildman–Crippen MR) is 133 cm³/mol. The molecule has 0 saturated carbocycles. The summed E-state index contributed by atoms with van der Waals surface area (Å²) in [6.07, 6.45) is 4.31. The smallest absolute Gasteiger partial charge is 0.278 e. The van der Waals surface area contributed by atoms with E-state index >= 15 is 0 Å². The van der Waals surface area contributed by atoms with Crippen molar-refractivity contribution in [3.63, 3.8) is 0 Å². The minimum Gasteiger partial charge on any atom is -0.324 e. The standard InChI is InChI=1S/C24H27N7OS/c1-5-10-30-21(32)18-13-26-23(27-17-7-6-15-8-9-25-12-16(15)11-17)29-20(18)31(30)19-14-33-22(28-19)24(2,3)4/h5-7,11,13-14,25H,1,8-10,12H2,2-4H3,(H,26,27,29). The van der Waals surface area contributed by atoms with Crippen LogP contribution in [-0.4, -0.2) is 30.9 Å². The number of thiazole rings is 1. The summed E-state index contributed by atoms with van der Waals surface area (Å²) in [5.41, 5.74) is 3.83. The second-order valence-electron chi connectivity index (χ2n) is 9.21. The third kappa shape index (κ3) is 3.98. The molecule has 0 fully saturated rings. The normalized spacial score (nSPS) is 13.8. The van der Waals surface area contributed by atoms with E-state index in [2.05, 4.69) is 55.1 Å². The van der Waals surface area contributed by atoms with Gasteiger partial charge in [-0.15, -0.1) is 17.9 Å². The summed E-state index contributed by atoms with van der Waals surface area (Å²) in [7, 11) is 0. The maximum atomic E-state index is 13.1. The van der Waals surface area contributed by atoms with Crippen molar-refractivity contribution in [2.75, 3.05) is 11.9 Å². The van der Waals surface area contributed by atoms with E-state index < -0.39 is 0 Å². The van der Waals surface area contributed by atoms with Crippen molar-refractivity contribution in [1.82, 2.24) is 29.6 Å². The van der Waals surface area contributed by atoms with Gasteiger partial charge in [0.1, 0.15) is 10.4 Å². The number of hydrogen-bond donors (Lipinski definition) is 2. The highest BCUT2D eigenvalue weighted by molar-refractivity contribution is 7.10. The number of anilines is 2. The molecule has 2 N–H and O–H groups in total. The molecule has 1 aliphatic rings. The molecule has 4 heterocycles. The minimum absolute atomic E-state index is 0.0849. The summed E-state index contributed by atoms with van der Waals surface area (Å²) in [5, 5.41) is 10.1. The highest BCUT2D eigenvalue weighted by Gasteiger charge is 2.22. The molecule has 0 aliphatic carbocycles. The molecule has 9 heteroatoms. The number of hydrogen-bond acceptors (Lipinski definition) is 7. The molecule has 0 radical (unpaired) electrons. The van der Waals surface area contributed by atoms with Gasteiger partial charge in [0, 0.05) is 29.2 Å². The van der Waals surface area contributed by atoms with E-state index in [1.54, 1.807) is 33.0 Å². The third-order valence-corrected chi connectivity index (χ3v) is 6.93. The first-order valence-electron chi connectivity index (χ1n) is 11.0. The van der Waals surface area contributed by atoms with Gasteiger partial charge in [0.15, 0.2) is 11.5 Å². The van der Waals surface area contributed by atoms with E-state index in [0.29, 0.717) is 29.3 Å². The average Bonchev–Trinajstić information content (AvgIpc) is 3.38. The number of benzene rings is 1. The Morgan fingerprint density at radius 1 is 1.27 bits per heavy atom. The van der Waals surface area contributed by atoms with Gasteiger partial charge in [0.2, 0.25) is 5.95 Å². The number of aromatic nitrogens is 5. The zero-order valence-electron chi connectivity index (χ0n) is 19.1. The third-order valence-electron chi connectivity index (χ3n) is 5.68. The van der Waals surface area contributed by atoms with Crippen LogP contribution in [0.5, 0.6) is 0 Å². The highest BCUT2D eigenvalue weighted by atomic mass is 32.1. The molecule has 1 aromatic carbocycles. The van der Waals surface area contributed by atoms with Crippen molar-refractivity contribution >= 4 is 34.0 Å². The van der Waals surface area contributed by atoms with Crippen molar-refractivity contribution < 1.29 is 0 Å². The van der Waals surface area contributed by atoms with Crippen LogP contribution >= 0.6 is 11.3 Å². The summed E-state index contributed by atoms with van der Waals surface area (Å²) in [6.45, 7) is 12.4. The fourth-order valence-electron chi connectivity index (χ4n) is 4.00. The van der Waals surface area contributed by atoms with Crippen LogP contribution in [0.15, 0.2) is 47.2 Å². The van der Waals surface area contributed by atoms with Crippen molar-refractivity contribution in [3.05, 3.63) is 68.9 Å². The van der Waals surface area contributed by atoms with Gasteiger partial charge < -0.3 is 10.6 Å². The quantitative estimate of drug-likeness (QED) is 0.438. The lowest BCUT2D eigenvalue weighted by Gasteiger charge is -2.18. The van der Waals surface area contributed by atoms with Gasteiger partial charge >= 0.3 is 0 Å². The zero-order chi connectivity index (χ0) is 23.2. The highest BCUT2D eigenvalue weighted by Crippen LogP contribution is 2.28. The Bertz CT molecular complexity index is 1410. The fraction of sp³-hybridized carbons (Fsp3) is 0.333. The van der Waals surface area contributed by atoms with Crippen LogP contribution in [0, 0.1) is 0 Å². The van der Waals surface area contributed by atoms with Crippen LogP contribution in [0.25, 0.3) is 16.9 Å². The SMILES string of the molecule is C=CCn1c(=O)c2cnc(Nc3ccc4c(c3)CNCC4)nc2n1-c1csc(C(C)(C)C)n1. The molecule has 33 heavy (non-hydrogen) atoms. The molecule has 8 nitrogen and oxygen atoms in total. The molecular weight excluding hydrogens is 434 g/mol. The summed E-state index contributed by atoms with van der Waals surface area (Å²) >= 11 is 1.58. The average molecular weight is 462 g/mol. The summed E-state index contributed by atoms with van der Waals surface area (Å²) in [5.74, 6) is 1.10. The van der Waals surface area contributed by atoms with Gasteiger partial charge in [-0.05, 0) is 36.2 Å². The first-order chi connectivity index (χ1) is 15.8. The Morgan fingerprint density at radius 2 is 2.12 bits per heavy atom. The lowest BCUT2D eigenvalue weighted by atomic mass is 9.98. The first-order valence-corrected chi connectivity index (χ1v) is 11.9. The van der Waals surface area contributed by atoms with E-state index in [1.165, 1.54) is 11.1 Å². The van der Waals surface area contributed by atoms with E-state index in [4.69, 9.17) is 9.97 Å². The molecule has 5 rings (SSSR count). The van der Waals surface area contributed by atoms with Crippen LogP contribution in [-0.2, 0) is 24.9 Å². The van der Waals surface area contributed by atoms with Gasteiger partial charge in [-0.25, -0.2) is 19.3 Å². The van der Waals surface area contributed by atoms with Crippen molar-refractivity contribution in [2.24, 2.45) is 0 Å². The van der Waals surface area contributed by atoms with Crippen LogP contribution < -0.4 is 16.2 Å². The molecule has 0 bridgehead atoms. The Hall–Kier alpha value is -3.30. The van der Waals surface area contributed by atoms with Gasteiger partial charge in [0.05, 0.1) is 6.54 Å². The van der Waals surface area contributed by atoms with Gasteiger partial charge in [-0.3, -0.25) is 4.79 Å². The van der Waals surface area contributed by atoms with Gasteiger partial charge in [-0.1, -0.05) is 32.9 Å². The van der Waals surface area contributed by atoms with Gasteiger partial charge in [0.25, 0.3) is 5.56 Å². The molecule has 0 saturated heterocycles. The van der Waals surface area contributed by atoms with Crippen LogP contribution in [0.1, 0.15) is 36.9 Å². The molecule has 0 unspecified atom stereocenters. The van der Waals surface area contributed by atoms with Crippen molar-refractivity contribution in [2.45, 2.75) is 45.7 Å². The summed E-state index contributed by atoms with van der Waals surface area (Å²) in [6, 6.07) is 6.32. The molecule has 0 amide bonds. The monoisotopic (exact) mass is 461 g/mol. The molecule has 3 aromatic heterocycles. The van der Waals surface area contributed by atoms with Crippen LogP contribution in [0.4, 0.5) is 11.6 Å². The first kappa shape index (κ1) is 21.5. The lowest BCUT2D eigenvalue weighted by Crippen LogP contribution is -2.23. The van der Waals surface area contributed by atoms with E-state index in [1.807, 2.05) is 11.4 Å². The van der Waals surface area contributed by atoms with Crippen LogP contribution in [0.2, 0.25) is 0 Å². The molecular formula is C24H27N7OS. The van der Waals surface area contributed by atoms with Crippen molar-refractivity contribution in [1.29, 1.82) is 0 Å². The molecule has 170 valence electrons. The Balaban J connectivity index is 1.59. The maximum absolute atomic E-state index is 13.1. The molecule has 1 aliphatic heterocycles. The summed E-state index contributed by atoms with van der Waals surface area (Å²) in [4.78, 5) is 27.1. The van der Waals surface area contributed by atoms with E-state index in [0.717, 1.165) is 30.2 Å². The number of rotatable bonds is 5. The largest absolute Gasteiger partial charge is 0.324 e. The number of nitrogens with zero attached hydrogens (tertiary/aromatic N) is 5. The maximum Gasteiger partial charge on any atom is 0.278 e. The second-order valence-corrected chi connectivity index (χ2v) is 10.1. The van der Waals surface area contributed by atoms with E-state index in [-0.39, 0.29) is 11.0 Å². The van der Waals surface area contributed by atoms with Gasteiger partial charge in [-0.2, -0.15) is 4.98 Å². The summed E-state index contributed by atoms with van der Waals surface area (Å²) < 4.78 is 3.37. The zero-order valence-corrected chi connectivity index (χ0v) is 19.9. The van der Waals surface area contributed by atoms with Crippen LogP contribution in [0.3, 0.4) is 0 Å². The van der Waals surface area contributed by atoms with E-state index in [9.17, 15) is 4.79 Å². The fourth-order valence-corrected chi connectivity index (χ4v) is 4.87. The number of fused-ring (bicyclic) bond motifs is 2. The van der Waals surface area contributed by atoms with Crippen molar-refractivity contribution in [3.8, 4) is 5.82 Å². The second kappa shape index (κ2) is 8.24. The molecule has 4 aromatic rings. The Labute approximate surface area is 196 Å². The lowest BCUT2D eigenvalue weighted by molar-refractivity contribution is 0.570. The molecule has 0 atom stereocenters. The number of nitrogens with one attached hydrogen (secondary N) is 2. The topological polar surface area (TPSA) is 89.7 Å². The minimum atomic E-state index is -0.165. The number of allylic oxidation sites excluding steroid dienone is 1. The Morgan fingerprint density at radius 3 is 2.88 bits per heavy atom. The predicted octanol–water partition coefficient (Wildman–Crippen LogP) is 3.91. The molecule has 0 spiro atoms. The Kier molecular flexibility index (Phi) is 5.38.